The number of anilines is 1. The number of hydrogen-bond acceptors (Lipinski definition) is 5. The smallest absolute Gasteiger partial charge is 0.308 e. The fraction of sp³-hybridized carbons (Fsp3) is 0.500. The highest BCUT2D eigenvalue weighted by Gasteiger charge is 2.42. The van der Waals surface area contributed by atoms with E-state index >= 15 is 0 Å². The van der Waals surface area contributed by atoms with Crippen LogP contribution in [-0.4, -0.2) is 34.0 Å². The van der Waals surface area contributed by atoms with E-state index in [2.05, 4.69) is 10.6 Å². The van der Waals surface area contributed by atoms with Gasteiger partial charge in [0.1, 0.15) is 5.69 Å². The molecule has 130 valence electrons. The van der Waals surface area contributed by atoms with Crippen LogP contribution in [0, 0.1) is 16.0 Å². The Morgan fingerprint density at radius 3 is 2.75 bits per heavy atom. The lowest BCUT2D eigenvalue weighted by atomic mass is 9.74. The van der Waals surface area contributed by atoms with Gasteiger partial charge in [-0.05, 0) is 25.8 Å². The first-order valence-electron chi connectivity index (χ1n) is 7.84. The first-order chi connectivity index (χ1) is 11.3. The first-order valence-corrected chi connectivity index (χ1v) is 7.84. The Hall–Kier alpha value is -2.64. The molecule has 0 saturated heterocycles. The predicted octanol–water partition coefficient (Wildman–Crippen LogP) is 2.16. The molecule has 1 aliphatic carbocycles. The number of benzene rings is 1. The number of nitro groups is 1. The van der Waals surface area contributed by atoms with Crippen LogP contribution in [0.3, 0.4) is 0 Å². The highest BCUT2D eigenvalue weighted by atomic mass is 16.6. The topological polar surface area (TPSA) is 122 Å². The Balaban J connectivity index is 2.00. The average Bonchev–Trinajstić information content (AvgIpc) is 2.52. The summed E-state index contributed by atoms with van der Waals surface area (Å²) in [5.74, 6) is -1.92. The Bertz CT molecular complexity index is 648. The second kappa shape index (κ2) is 7.29. The summed E-state index contributed by atoms with van der Waals surface area (Å²) in [5, 5.41) is 25.8. The molecule has 1 aromatic carbocycles. The van der Waals surface area contributed by atoms with Crippen molar-refractivity contribution in [3.05, 3.63) is 34.4 Å². The maximum atomic E-state index is 12.2. The van der Waals surface area contributed by atoms with Gasteiger partial charge in [-0.2, -0.15) is 0 Å². The normalized spacial score (nSPS) is 23.3. The quantitative estimate of drug-likeness (QED) is 0.541. The zero-order chi connectivity index (χ0) is 17.7. The minimum atomic E-state index is -0.913. The Kier molecular flexibility index (Phi) is 5.38. The summed E-state index contributed by atoms with van der Waals surface area (Å²) in [4.78, 5) is 34.0. The molecule has 8 heteroatoms. The SMILES string of the molecule is CC1(NC(=O)CNc2ccccc2[N+](=O)[O-])CCCCC1C(=O)O. The van der Waals surface area contributed by atoms with E-state index in [9.17, 15) is 24.8 Å². The molecule has 1 aromatic rings. The molecular weight excluding hydrogens is 314 g/mol. The van der Waals surface area contributed by atoms with Crippen molar-refractivity contribution in [2.75, 3.05) is 11.9 Å². The molecule has 0 aliphatic heterocycles. The molecule has 0 radical (unpaired) electrons. The van der Waals surface area contributed by atoms with Gasteiger partial charge in [-0.1, -0.05) is 25.0 Å². The summed E-state index contributed by atoms with van der Waals surface area (Å²) in [7, 11) is 0. The maximum Gasteiger partial charge on any atom is 0.308 e. The third kappa shape index (κ3) is 4.01. The summed E-state index contributed by atoms with van der Waals surface area (Å²) in [6.07, 6.45) is 2.82. The largest absolute Gasteiger partial charge is 0.481 e. The van der Waals surface area contributed by atoms with E-state index in [4.69, 9.17) is 0 Å². The highest BCUT2D eigenvalue weighted by molar-refractivity contribution is 5.83. The number of rotatable bonds is 6. The van der Waals surface area contributed by atoms with Crippen LogP contribution in [0.15, 0.2) is 24.3 Å². The van der Waals surface area contributed by atoms with E-state index in [1.54, 1.807) is 19.1 Å². The van der Waals surface area contributed by atoms with Crippen LogP contribution in [0.5, 0.6) is 0 Å². The predicted molar refractivity (Wildman–Crippen MR) is 87.7 cm³/mol. The third-order valence-electron chi connectivity index (χ3n) is 4.47. The number of amides is 1. The first kappa shape index (κ1) is 17.7. The molecule has 1 amide bonds. The number of carbonyl (C=O) groups is 2. The van der Waals surface area contributed by atoms with Gasteiger partial charge in [0, 0.05) is 6.07 Å². The van der Waals surface area contributed by atoms with E-state index in [-0.39, 0.29) is 23.8 Å². The summed E-state index contributed by atoms with van der Waals surface area (Å²) < 4.78 is 0. The van der Waals surface area contributed by atoms with Gasteiger partial charge in [-0.25, -0.2) is 0 Å². The van der Waals surface area contributed by atoms with E-state index in [1.807, 2.05) is 0 Å². The van der Waals surface area contributed by atoms with Gasteiger partial charge in [0.05, 0.1) is 22.9 Å². The maximum absolute atomic E-state index is 12.2. The average molecular weight is 335 g/mol. The molecule has 0 bridgehead atoms. The third-order valence-corrected chi connectivity index (χ3v) is 4.47. The summed E-state index contributed by atoms with van der Waals surface area (Å²) in [6, 6.07) is 6.05. The van der Waals surface area contributed by atoms with E-state index in [0.29, 0.717) is 12.8 Å². The van der Waals surface area contributed by atoms with Crippen LogP contribution >= 0.6 is 0 Å². The van der Waals surface area contributed by atoms with Crippen LogP contribution < -0.4 is 10.6 Å². The number of nitrogens with zero attached hydrogens (tertiary/aromatic N) is 1. The standard InChI is InChI=1S/C16H21N3O5/c1-16(9-5-4-6-11(16)15(21)22)18-14(20)10-17-12-7-2-3-8-13(12)19(23)24/h2-3,7-8,11,17H,4-6,9-10H2,1H3,(H,18,20)(H,21,22). The van der Waals surface area contributed by atoms with E-state index < -0.39 is 22.3 Å². The van der Waals surface area contributed by atoms with Crippen LogP contribution in [0.25, 0.3) is 0 Å². The summed E-state index contributed by atoms with van der Waals surface area (Å²) in [6.45, 7) is 1.58. The lowest BCUT2D eigenvalue weighted by molar-refractivity contribution is -0.383. The van der Waals surface area contributed by atoms with Crippen LogP contribution in [-0.2, 0) is 9.59 Å². The van der Waals surface area contributed by atoms with Crippen molar-refractivity contribution in [2.45, 2.75) is 38.1 Å². The van der Waals surface area contributed by atoms with Gasteiger partial charge in [0.15, 0.2) is 0 Å². The fourth-order valence-corrected chi connectivity index (χ4v) is 3.20. The monoisotopic (exact) mass is 335 g/mol. The summed E-state index contributed by atoms with van der Waals surface area (Å²) >= 11 is 0. The van der Waals surface area contributed by atoms with Crippen molar-refractivity contribution in [1.82, 2.24) is 5.32 Å². The molecule has 2 unspecified atom stereocenters. The molecule has 0 spiro atoms. The number of nitro benzene ring substituents is 1. The van der Waals surface area contributed by atoms with Crippen LogP contribution in [0.2, 0.25) is 0 Å². The van der Waals surface area contributed by atoms with Crippen molar-refractivity contribution < 1.29 is 19.6 Å². The zero-order valence-corrected chi connectivity index (χ0v) is 13.4. The lowest BCUT2D eigenvalue weighted by Crippen LogP contribution is -2.56. The van der Waals surface area contributed by atoms with Gasteiger partial charge >= 0.3 is 5.97 Å². The number of carboxylic acid groups (broad SMARTS) is 1. The van der Waals surface area contributed by atoms with Crippen molar-refractivity contribution in [1.29, 1.82) is 0 Å². The lowest BCUT2D eigenvalue weighted by Gasteiger charge is -2.39. The Labute approximate surface area is 139 Å². The molecule has 2 rings (SSSR count). The fourth-order valence-electron chi connectivity index (χ4n) is 3.20. The van der Waals surface area contributed by atoms with E-state index in [1.165, 1.54) is 12.1 Å². The minimum Gasteiger partial charge on any atom is -0.481 e. The summed E-state index contributed by atoms with van der Waals surface area (Å²) in [5.41, 5.74) is -0.662. The Morgan fingerprint density at radius 2 is 2.08 bits per heavy atom. The molecule has 2 atom stereocenters. The molecule has 3 N–H and O–H groups in total. The number of carbonyl (C=O) groups excluding carboxylic acids is 1. The van der Waals surface area contributed by atoms with Crippen molar-refractivity contribution in [2.24, 2.45) is 5.92 Å². The molecule has 8 nitrogen and oxygen atoms in total. The number of para-hydroxylation sites is 2. The van der Waals surface area contributed by atoms with Gasteiger partial charge in [-0.15, -0.1) is 0 Å². The van der Waals surface area contributed by atoms with E-state index in [0.717, 1.165) is 12.8 Å². The molecule has 1 saturated carbocycles. The van der Waals surface area contributed by atoms with Crippen LogP contribution in [0.4, 0.5) is 11.4 Å². The molecule has 0 aromatic heterocycles. The molecule has 1 fully saturated rings. The minimum absolute atomic E-state index is 0.113. The molecule has 1 aliphatic rings. The van der Waals surface area contributed by atoms with Crippen molar-refractivity contribution >= 4 is 23.3 Å². The second-order valence-electron chi connectivity index (χ2n) is 6.23. The van der Waals surface area contributed by atoms with Gasteiger partial charge in [0.2, 0.25) is 5.91 Å². The molecule has 24 heavy (non-hydrogen) atoms. The van der Waals surface area contributed by atoms with Crippen molar-refractivity contribution in [3.63, 3.8) is 0 Å². The zero-order valence-electron chi connectivity index (χ0n) is 13.4. The number of aliphatic carboxylic acids is 1. The number of nitrogens with one attached hydrogen (secondary N) is 2. The Morgan fingerprint density at radius 1 is 1.38 bits per heavy atom. The second-order valence-corrected chi connectivity index (χ2v) is 6.23. The number of carboxylic acids is 1. The highest BCUT2D eigenvalue weighted by Crippen LogP contribution is 2.33. The van der Waals surface area contributed by atoms with Crippen LogP contribution in [0.1, 0.15) is 32.6 Å². The molecular formula is C16H21N3O5. The van der Waals surface area contributed by atoms with Gasteiger partial charge in [0.25, 0.3) is 5.69 Å². The van der Waals surface area contributed by atoms with Crippen molar-refractivity contribution in [3.8, 4) is 0 Å². The molecule has 0 heterocycles. The number of hydrogen-bond donors (Lipinski definition) is 3. The van der Waals surface area contributed by atoms with Gasteiger partial charge < -0.3 is 15.7 Å². The van der Waals surface area contributed by atoms with Gasteiger partial charge in [-0.3, -0.25) is 19.7 Å².